The first-order valence-corrected chi connectivity index (χ1v) is 9.69. The van der Waals surface area contributed by atoms with Crippen LogP contribution in [0, 0.1) is 11.3 Å². The Labute approximate surface area is 185 Å². The number of ether oxygens (including phenoxy) is 5. The average molecular weight is 435 g/mol. The Hall–Kier alpha value is -3.93. The monoisotopic (exact) mass is 435 g/mol. The van der Waals surface area contributed by atoms with Crippen LogP contribution in [-0.2, 0) is 23.7 Å². The summed E-state index contributed by atoms with van der Waals surface area (Å²) in [5.41, 5.74) is 1.64. The van der Waals surface area contributed by atoms with Gasteiger partial charge in [-0.2, -0.15) is 5.26 Å². The van der Waals surface area contributed by atoms with Crippen LogP contribution in [0.3, 0.4) is 0 Å². The fourth-order valence-corrected chi connectivity index (χ4v) is 2.77. The molecule has 1 fully saturated rings. The summed E-state index contributed by atoms with van der Waals surface area (Å²) in [7, 11) is 0. The summed E-state index contributed by atoms with van der Waals surface area (Å²) in [5, 5.41) is 8.86. The standard InChI is InChI=1S/C24H21NO7/c1-3-21(26)32-22(4-2)30-19-11-9-17(10-12-19)23(27)31-20-14-28-24(29-15-20)18-7-5-16(13-25)6-8-18/h3-12,20,22,24H,1-2,14-15H2. The van der Waals surface area contributed by atoms with Crippen LogP contribution < -0.4 is 4.74 Å². The number of carbonyl (C=O) groups excluding carboxylic acids is 2. The molecule has 0 spiro atoms. The van der Waals surface area contributed by atoms with E-state index in [0.29, 0.717) is 16.9 Å². The fraction of sp³-hybridized carbons (Fsp3) is 0.208. The fourth-order valence-electron chi connectivity index (χ4n) is 2.77. The van der Waals surface area contributed by atoms with Crippen LogP contribution in [0.25, 0.3) is 0 Å². The molecule has 2 aromatic rings. The lowest BCUT2D eigenvalue weighted by molar-refractivity contribution is -0.220. The maximum absolute atomic E-state index is 12.4. The van der Waals surface area contributed by atoms with Gasteiger partial charge in [0, 0.05) is 11.6 Å². The average Bonchev–Trinajstić information content (AvgIpc) is 2.84. The first-order valence-electron chi connectivity index (χ1n) is 9.69. The van der Waals surface area contributed by atoms with Gasteiger partial charge in [0.05, 0.1) is 30.4 Å². The van der Waals surface area contributed by atoms with Crippen LogP contribution in [0.1, 0.15) is 27.8 Å². The van der Waals surface area contributed by atoms with Crippen molar-refractivity contribution in [3.05, 3.63) is 90.5 Å². The Kier molecular flexibility index (Phi) is 7.75. The predicted octanol–water partition coefficient (Wildman–Crippen LogP) is 3.45. The molecular weight excluding hydrogens is 414 g/mol. The van der Waals surface area contributed by atoms with Crippen LogP contribution in [-0.4, -0.2) is 37.5 Å². The van der Waals surface area contributed by atoms with Crippen molar-refractivity contribution in [1.82, 2.24) is 0 Å². The molecule has 8 heteroatoms. The maximum Gasteiger partial charge on any atom is 0.338 e. The molecule has 164 valence electrons. The molecule has 1 aliphatic rings. The van der Waals surface area contributed by atoms with Crippen molar-refractivity contribution >= 4 is 11.9 Å². The van der Waals surface area contributed by atoms with Crippen LogP contribution in [0.15, 0.2) is 73.8 Å². The van der Waals surface area contributed by atoms with Gasteiger partial charge < -0.3 is 23.7 Å². The van der Waals surface area contributed by atoms with Gasteiger partial charge in [-0.1, -0.05) is 25.3 Å². The molecule has 0 amide bonds. The molecule has 2 aromatic carbocycles. The molecule has 1 atom stereocenters. The topological polar surface area (TPSA) is 104 Å². The molecule has 0 radical (unpaired) electrons. The maximum atomic E-state index is 12.4. The first kappa shape index (κ1) is 22.7. The lowest BCUT2D eigenvalue weighted by Crippen LogP contribution is -2.35. The zero-order valence-corrected chi connectivity index (χ0v) is 17.1. The van der Waals surface area contributed by atoms with Gasteiger partial charge in [-0.15, -0.1) is 0 Å². The van der Waals surface area contributed by atoms with Gasteiger partial charge in [0.2, 0.25) is 0 Å². The SMILES string of the molecule is C=CC(=O)OC(C=C)Oc1ccc(C(=O)OC2COC(c3ccc(C#N)cc3)OC2)cc1. The van der Waals surface area contributed by atoms with Crippen LogP contribution >= 0.6 is 0 Å². The van der Waals surface area contributed by atoms with Gasteiger partial charge in [-0.25, -0.2) is 9.59 Å². The number of esters is 2. The molecule has 0 aromatic heterocycles. The van der Waals surface area contributed by atoms with Gasteiger partial charge in [-0.3, -0.25) is 0 Å². The Bertz CT molecular complexity index is 1000. The molecule has 0 saturated carbocycles. The minimum absolute atomic E-state index is 0.174. The highest BCUT2D eigenvalue weighted by Crippen LogP contribution is 2.25. The Morgan fingerprint density at radius 2 is 1.72 bits per heavy atom. The lowest BCUT2D eigenvalue weighted by Gasteiger charge is -2.29. The third-order valence-corrected chi connectivity index (χ3v) is 4.39. The van der Waals surface area contributed by atoms with Gasteiger partial charge in [0.15, 0.2) is 6.29 Å². The molecule has 32 heavy (non-hydrogen) atoms. The van der Waals surface area contributed by atoms with E-state index in [4.69, 9.17) is 28.9 Å². The third-order valence-electron chi connectivity index (χ3n) is 4.39. The van der Waals surface area contributed by atoms with Crippen molar-refractivity contribution < 1.29 is 33.3 Å². The van der Waals surface area contributed by atoms with Crippen molar-refractivity contribution in [3.63, 3.8) is 0 Å². The molecule has 1 aliphatic heterocycles. The van der Waals surface area contributed by atoms with Gasteiger partial charge in [0.25, 0.3) is 6.29 Å². The van der Waals surface area contributed by atoms with E-state index in [-0.39, 0.29) is 13.2 Å². The molecule has 0 aliphatic carbocycles. The van der Waals surface area contributed by atoms with E-state index in [9.17, 15) is 9.59 Å². The molecular formula is C24H21NO7. The largest absolute Gasteiger partial charge is 0.454 e. The number of nitriles is 1. The summed E-state index contributed by atoms with van der Waals surface area (Å²) in [4.78, 5) is 23.7. The number of hydrogen-bond acceptors (Lipinski definition) is 8. The molecule has 1 unspecified atom stereocenters. The van der Waals surface area contributed by atoms with E-state index >= 15 is 0 Å². The highest BCUT2D eigenvalue weighted by Gasteiger charge is 2.26. The van der Waals surface area contributed by atoms with Crippen LogP contribution in [0.5, 0.6) is 5.75 Å². The first-order chi connectivity index (χ1) is 15.5. The summed E-state index contributed by atoms with van der Waals surface area (Å²) in [5.74, 6) is -0.810. The summed E-state index contributed by atoms with van der Waals surface area (Å²) < 4.78 is 27.1. The second-order valence-electron chi connectivity index (χ2n) is 6.65. The summed E-state index contributed by atoms with van der Waals surface area (Å²) in [6, 6.07) is 15.1. The van der Waals surface area contributed by atoms with Gasteiger partial charge in [0.1, 0.15) is 11.9 Å². The molecule has 1 saturated heterocycles. The normalized spacial score (nSPS) is 18.5. The van der Waals surface area contributed by atoms with E-state index < -0.39 is 30.6 Å². The lowest BCUT2D eigenvalue weighted by atomic mass is 10.1. The third kappa shape index (κ3) is 6.04. The smallest absolute Gasteiger partial charge is 0.338 e. The van der Waals surface area contributed by atoms with E-state index in [1.165, 1.54) is 18.2 Å². The molecule has 0 N–H and O–H groups in total. The summed E-state index contributed by atoms with van der Waals surface area (Å²) >= 11 is 0. The Morgan fingerprint density at radius 3 is 2.28 bits per heavy atom. The molecule has 8 nitrogen and oxygen atoms in total. The molecule has 1 heterocycles. The molecule has 0 bridgehead atoms. The van der Waals surface area contributed by atoms with Crippen molar-refractivity contribution in [2.45, 2.75) is 18.7 Å². The van der Waals surface area contributed by atoms with Crippen LogP contribution in [0.2, 0.25) is 0 Å². The number of carbonyl (C=O) groups is 2. The quantitative estimate of drug-likeness (QED) is 0.269. The van der Waals surface area contributed by atoms with E-state index in [1.54, 1.807) is 36.4 Å². The van der Waals surface area contributed by atoms with Gasteiger partial charge in [-0.05, 0) is 42.5 Å². The Balaban J connectivity index is 1.49. The van der Waals surface area contributed by atoms with Crippen molar-refractivity contribution in [2.75, 3.05) is 13.2 Å². The van der Waals surface area contributed by atoms with Gasteiger partial charge >= 0.3 is 11.9 Å². The zero-order chi connectivity index (χ0) is 22.9. The Morgan fingerprint density at radius 1 is 1.06 bits per heavy atom. The van der Waals surface area contributed by atoms with Crippen LogP contribution in [0.4, 0.5) is 0 Å². The predicted molar refractivity (Wildman–Crippen MR) is 112 cm³/mol. The highest BCUT2D eigenvalue weighted by molar-refractivity contribution is 5.89. The zero-order valence-electron chi connectivity index (χ0n) is 17.1. The van der Waals surface area contributed by atoms with E-state index in [0.717, 1.165) is 11.6 Å². The minimum Gasteiger partial charge on any atom is -0.454 e. The second kappa shape index (κ2) is 10.9. The number of hydrogen-bond donors (Lipinski definition) is 0. The summed E-state index contributed by atoms with van der Waals surface area (Å²) in [6.07, 6.45) is 0.208. The van der Waals surface area contributed by atoms with Crippen molar-refractivity contribution in [1.29, 1.82) is 5.26 Å². The minimum atomic E-state index is -0.987. The van der Waals surface area contributed by atoms with Crippen molar-refractivity contribution in [3.8, 4) is 11.8 Å². The molecule has 3 rings (SSSR count). The van der Waals surface area contributed by atoms with E-state index in [2.05, 4.69) is 19.2 Å². The summed E-state index contributed by atoms with van der Waals surface area (Å²) in [6.45, 7) is 7.20. The van der Waals surface area contributed by atoms with Crippen molar-refractivity contribution in [2.24, 2.45) is 0 Å². The number of nitrogens with zero attached hydrogens (tertiary/aromatic N) is 1. The number of rotatable bonds is 8. The number of benzene rings is 2. The van der Waals surface area contributed by atoms with E-state index in [1.807, 2.05) is 0 Å². The highest BCUT2D eigenvalue weighted by atomic mass is 16.7. The second-order valence-corrected chi connectivity index (χ2v) is 6.65.